The molecule has 1 unspecified atom stereocenters. The highest BCUT2D eigenvalue weighted by molar-refractivity contribution is 7.99. The minimum Gasteiger partial charge on any atom is -0.479 e. The normalized spacial score (nSPS) is 22.7. The van der Waals surface area contributed by atoms with Gasteiger partial charge in [-0.05, 0) is 18.2 Å². The maximum Gasteiger partial charge on any atom is 0.335 e. The van der Waals surface area contributed by atoms with E-state index in [0.717, 1.165) is 12.3 Å². The molecule has 0 aromatic carbocycles. The molecule has 0 aliphatic carbocycles. The number of carbonyl (C=O) groups excluding carboxylic acids is 1. The summed E-state index contributed by atoms with van der Waals surface area (Å²) in [5.74, 6) is -0.566. The second-order valence-corrected chi connectivity index (χ2v) is 5.09. The molecule has 1 aromatic heterocycles. The topological polar surface area (TPSA) is 96.6 Å². The average molecular weight is 269 g/mol. The van der Waals surface area contributed by atoms with Crippen LogP contribution in [0.3, 0.4) is 0 Å². The van der Waals surface area contributed by atoms with Gasteiger partial charge in [0.05, 0.1) is 5.56 Å². The van der Waals surface area contributed by atoms with Crippen molar-refractivity contribution < 1.29 is 19.1 Å². The Morgan fingerprint density at radius 1 is 1.44 bits per heavy atom. The minimum absolute atomic E-state index is 0.132. The quantitative estimate of drug-likeness (QED) is 0.820. The smallest absolute Gasteiger partial charge is 0.335 e. The molecule has 18 heavy (non-hydrogen) atoms. The van der Waals surface area contributed by atoms with E-state index < -0.39 is 23.0 Å². The van der Waals surface area contributed by atoms with Crippen LogP contribution >= 0.6 is 11.8 Å². The van der Waals surface area contributed by atoms with Gasteiger partial charge in [-0.25, -0.2) is 9.59 Å². The third-order valence-corrected chi connectivity index (χ3v) is 3.94. The Morgan fingerprint density at radius 3 is 2.72 bits per heavy atom. The second-order valence-electron chi connectivity index (χ2n) is 3.99. The molecule has 1 aromatic rings. The third-order valence-electron chi connectivity index (χ3n) is 2.75. The van der Waals surface area contributed by atoms with Gasteiger partial charge in [0.25, 0.3) is 5.91 Å². The molecule has 7 heteroatoms. The van der Waals surface area contributed by atoms with E-state index in [1.165, 1.54) is 17.8 Å². The predicted octanol–water partition coefficient (Wildman–Crippen LogP) is 0.330. The fraction of sp³-hybridized carbons (Fsp3) is 0.364. The molecule has 1 fully saturated rings. The average Bonchev–Trinajstić information content (AvgIpc) is 2.79. The van der Waals surface area contributed by atoms with E-state index in [0.29, 0.717) is 17.9 Å². The Kier molecular flexibility index (Phi) is 3.42. The zero-order valence-electron chi connectivity index (χ0n) is 9.34. The molecule has 2 rings (SSSR count). The van der Waals surface area contributed by atoms with Crippen LogP contribution in [-0.2, 0) is 4.79 Å². The molecule has 6 nitrogen and oxygen atoms in total. The van der Waals surface area contributed by atoms with E-state index in [1.54, 1.807) is 0 Å². The number of aliphatic carboxylic acids is 1. The maximum atomic E-state index is 11.9. The Balaban J connectivity index is 2.17. The SMILES string of the molecule is O=C(NC1(C(=O)O)CCSC1)c1ccc(=O)oc1. The van der Waals surface area contributed by atoms with E-state index in [4.69, 9.17) is 0 Å². The highest BCUT2D eigenvalue weighted by Gasteiger charge is 2.43. The number of nitrogens with one attached hydrogen (secondary N) is 1. The standard InChI is InChI=1S/C11H11NO5S/c13-8-2-1-7(5-17-8)9(14)12-11(10(15)16)3-4-18-6-11/h1-2,5H,3-4,6H2,(H,12,14)(H,15,16). The summed E-state index contributed by atoms with van der Waals surface area (Å²) in [6, 6.07) is 2.42. The first kappa shape index (κ1) is 12.7. The van der Waals surface area contributed by atoms with Crippen LogP contribution in [0.1, 0.15) is 16.8 Å². The Labute approximate surface area is 106 Å². The van der Waals surface area contributed by atoms with Crippen molar-refractivity contribution in [2.24, 2.45) is 0 Å². The van der Waals surface area contributed by atoms with Crippen molar-refractivity contribution in [3.8, 4) is 0 Å². The van der Waals surface area contributed by atoms with E-state index in [9.17, 15) is 19.5 Å². The van der Waals surface area contributed by atoms with Gasteiger partial charge in [-0.2, -0.15) is 11.8 Å². The Bertz CT molecular complexity index is 512. The maximum absolute atomic E-state index is 11.9. The molecular weight excluding hydrogens is 258 g/mol. The van der Waals surface area contributed by atoms with Gasteiger partial charge in [0.1, 0.15) is 11.8 Å². The minimum atomic E-state index is -1.22. The van der Waals surface area contributed by atoms with Crippen LogP contribution in [0, 0.1) is 0 Å². The number of carbonyl (C=O) groups is 2. The molecule has 2 N–H and O–H groups in total. The number of rotatable bonds is 3. The van der Waals surface area contributed by atoms with Crippen molar-refractivity contribution in [2.45, 2.75) is 12.0 Å². The van der Waals surface area contributed by atoms with Crippen molar-refractivity contribution in [3.63, 3.8) is 0 Å². The van der Waals surface area contributed by atoms with Crippen LogP contribution in [-0.4, -0.2) is 34.0 Å². The highest BCUT2D eigenvalue weighted by atomic mass is 32.2. The van der Waals surface area contributed by atoms with Crippen molar-refractivity contribution in [3.05, 3.63) is 34.4 Å². The predicted molar refractivity (Wildman–Crippen MR) is 64.8 cm³/mol. The first-order valence-corrected chi connectivity index (χ1v) is 6.41. The zero-order valence-corrected chi connectivity index (χ0v) is 10.2. The van der Waals surface area contributed by atoms with Gasteiger partial charge in [0.2, 0.25) is 0 Å². The van der Waals surface area contributed by atoms with Crippen LogP contribution < -0.4 is 10.9 Å². The van der Waals surface area contributed by atoms with Crippen molar-refractivity contribution in [2.75, 3.05) is 11.5 Å². The van der Waals surface area contributed by atoms with Gasteiger partial charge >= 0.3 is 11.6 Å². The van der Waals surface area contributed by atoms with Crippen LogP contribution in [0.5, 0.6) is 0 Å². The number of amides is 1. The van der Waals surface area contributed by atoms with Gasteiger partial charge in [-0.15, -0.1) is 0 Å². The molecule has 1 aliphatic rings. The van der Waals surface area contributed by atoms with E-state index in [1.807, 2.05) is 0 Å². The van der Waals surface area contributed by atoms with Gasteiger partial charge in [0, 0.05) is 11.8 Å². The molecule has 0 radical (unpaired) electrons. The Morgan fingerprint density at radius 2 is 2.22 bits per heavy atom. The molecule has 1 saturated heterocycles. The zero-order chi connectivity index (χ0) is 13.2. The summed E-state index contributed by atoms with van der Waals surface area (Å²) in [4.78, 5) is 33.9. The summed E-state index contributed by atoms with van der Waals surface area (Å²) in [7, 11) is 0. The first-order valence-electron chi connectivity index (χ1n) is 5.26. The lowest BCUT2D eigenvalue weighted by atomic mass is 9.99. The lowest BCUT2D eigenvalue weighted by Crippen LogP contribution is -2.54. The molecule has 1 amide bonds. The molecule has 1 aliphatic heterocycles. The largest absolute Gasteiger partial charge is 0.479 e. The summed E-state index contributed by atoms with van der Waals surface area (Å²) in [6.07, 6.45) is 1.41. The number of hydrogen-bond acceptors (Lipinski definition) is 5. The van der Waals surface area contributed by atoms with Crippen molar-refractivity contribution >= 4 is 23.6 Å². The number of carboxylic acid groups (broad SMARTS) is 1. The first-order chi connectivity index (χ1) is 8.53. The summed E-state index contributed by atoms with van der Waals surface area (Å²) in [5.41, 5.74) is -1.65. The van der Waals surface area contributed by atoms with E-state index in [-0.39, 0.29) is 5.56 Å². The molecular formula is C11H11NO5S. The van der Waals surface area contributed by atoms with Crippen LogP contribution in [0.15, 0.2) is 27.6 Å². The number of hydrogen-bond donors (Lipinski definition) is 2. The lowest BCUT2D eigenvalue weighted by Gasteiger charge is -2.24. The Hall–Kier alpha value is -1.76. The fourth-order valence-electron chi connectivity index (χ4n) is 1.66. The lowest BCUT2D eigenvalue weighted by molar-refractivity contribution is -0.143. The highest BCUT2D eigenvalue weighted by Crippen LogP contribution is 2.28. The van der Waals surface area contributed by atoms with Crippen LogP contribution in [0.4, 0.5) is 0 Å². The molecule has 96 valence electrons. The molecule has 0 spiro atoms. The van der Waals surface area contributed by atoms with Gasteiger partial charge in [0.15, 0.2) is 0 Å². The monoisotopic (exact) mass is 269 g/mol. The summed E-state index contributed by atoms with van der Waals surface area (Å²) >= 11 is 1.48. The van der Waals surface area contributed by atoms with Gasteiger partial charge in [-0.3, -0.25) is 4.79 Å². The summed E-state index contributed by atoms with van der Waals surface area (Å²) < 4.78 is 4.57. The molecule has 0 saturated carbocycles. The second kappa shape index (κ2) is 4.85. The molecule has 1 atom stereocenters. The van der Waals surface area contributed by atoms with Crippen molar-refractivity contribution in [1.29, 1.82) is 0 Å². The van der Waals surface area contributed by atoms with Crippen LogP contribution in [0.2, 0.25) is 0 Å². The van der Waals surface area contributed by atoms with Gasteiger partial charge < -0.3 is 14.8 Å². The van der Waals surface area contributed by atoms with Gasteiger partial charge in [-0.1, -0.05) is 0 Å². The summed E-state index contributed by atoms with van der Waals surface area (Å²) in [6.45, 7) is 0. The van der Waals surface area contributed by atoms with E-state index in [2.05, 4.69) is 9.73 Å². The summed E-state index contributed by atoms with van der Waals surface area (Å²) in [5, 5.41) is 11.7. The van der Waals surface area contributed by atoms with E-state index >= 15 is 0 Å². The number of thioether (sulfide) groups is 1. The van der Waals surface area contributed by atoms with Crippen LogP contribution in [0.25, 0.3) is 0 Å². The molecule has 0 bridgehead atoms. The van der Waals surface area contributed by atoms with Crippen molar-refractivity contribution in [1.82, 2.24) is 5.32 Å². The molecule has 2 heterocycles. The third kappa shape index (κ3) is 2.40. The number of carboxylic acids is 1. The fourth-order valence-corrected chi connectivity index (χ4v) is 2.99.